The maximum absolute atomic E-state index is 12.3. The number of benzene rings is 1. The lowest BCUT2D eigenvalue weighted by Gasteiger charge is -2.28. The third kappa shape index (κ3) is 3.14. The molecule has 0 spiro atoms. The van der Waals surface area contributed by atoms with Crippen LogP contribution in [-0.2, 0) is 19.5 Å². The van der Waals surface area contributed by atoms with Crippen LogP contribution in [0.2, 0.25) is 0 Å². The Balaban J connectivity index is 1.58. The van der Waals surface area contributed by atoms with E-state index in [4.69, 9.17) is 14.5 Å². The standard InChI is InChI=1S/C19H23N3O3/c1-24-16-5-3-4-13(17(16)25-2)10-22-9-8-14-15(11-22)20-18(12-6-7-12)21-19(14)23/h3-5,12H,6-11H2,1-2H3,(H,20,21,23). The number of aromatic nitrogens is 2. The first-order valence-corrected chi connectivity index (χ1v) is 8.73. The van der Waals surface area contributed by atoms with Gasteiger partial charge in [0.15, 0.2) is 11.5 Å². The maximum atomic E-state index is 12.3. The summed E-state index contributed by atoms with van der Waals surface area (Å²) < 4.78 is 10.9. The molecule has 25 heavy (non-hydrogen) atoms. The van der Waals surface area contributed by atoms with E-state index >= 15 is 0 Å². The third-order valence-electron chi connectivity index (χ3n) is 5.01. The molecule has 0 saturated heterocycles. The van der Waals surface area contributed by atoms with Crippen LogP contribution < -0.4 is 15.0 Å². The summed E-state index contributed by atoms with van der Waals surface area (Å²) in [6, 6.07) is 5.93. The lowest BCUT2D eigenvalue weighted by atomic mass is 10.0. The summed E-state index contributed by atoms with van der Waals surface area (Å²) in [5.74, 6) is 2.83. The lowest BCUT2D eigenvalue weighted by molar-refractivity contribution is 0.235. The van der Waals surface area contributed by atoms with E-state index < -0.39 is 0 Å². The summed E-state index contributed by atoms with van der Waals surface area (Å²) in [5.41, 5.74) is 2.90. The Bertz CT molecular complexity index is 842. The predicted octanol–water partition coefficient (Wildman–Crippen LogP) is 2.22. The molecule has 6 heteroatoms. The van der Waals surface area contributed by atoms with Crippen LogP contribution >= 0.6 is 0 Å². The van der Waals surface area contributed by atoms with Crippen molar-refractivity contribution in [1.29, 1.82) is 0 Å². The van der Waals surface area contributed by atoms with Crippen LogP contribution in [0.15, 0.2) is 23.0 Å². The van der Waals surface area contributed by atoms with Crippen LogP contribution in [0, 0.1) is 0 Å². The minimum atomic E-state index is 0.0468. The summed E-state index contributed by atoms with van der Waals surface area (Å²) >= 11 is 0. The molecule has 1 N–H and O–H groups in total. The van der Waals surface area contributed by atoms with Crippen molar-refractivity contribution in [1.82, 2.24) is 14.9 Å². The number of nitrogens with one attached hydrogen (secondary N) is 1. The number of ether oxygens (including phenoxy) is 2. The topological polar surface area (TPSA) is 67.5 Å². The van der Waals surface area contributed by atoms with Crippen molar-refractivity contribution in [2.45, 2.75) is 38.3 Å². The molecule has 1 saturated carbocycles. The second kappa shape index (κ2) is 6.52. The fourth-order valence-corrected chi connectivity index (χ4v) is 3.52. The van der Waals surface area contributed by atoms with Gasteiger partial charge in [0.1, 0.15) is 5.82 Å². The first-order valence-electron chi connectivity index (χ1n) is 8.73. The summed E-state index contributed by atoms with van der Waals surface area (Å²) in [4.78, 5) is 22.3. The number of H-pyrrole nitrogens is 1. The van der Waals surface area contributed by atoms with Crippen LogP contribution in [-0.4, -0.2) is 35.6 Å². The Labute approximate surface area is 146 Å². The fraction of sp³-hybridized carbons (Fsp3) is 0.474. The van der Waals surface area contributed by atoms with Crippen LogP contribution in [0.25, 0.3) is 0 Å². The normalized spacial score (nSPS) is 17.2. The van der Waals surface area contributed by atoms with Gasteiger partial charge in [0.25, 0.3) is 5.56 Å². The van der Waals surface area contributed by atoms with Crippen LogP contribution in [0.5, 0.6) is 11.5 Å². The number of rotatable bonds is 5. The SMILES string of the molecule is COc1cccc(CN2CCc3c(nc(C4CC4)[nH]c3=O)C2)c1OC. The van der Waals surface area contributed by atoms with E-state index in [9.17, 15) is 4.79 Å². The molecule has 1 aliphatic heterocycles. The van der Waals surface area contributed by atoms with E-state index in [-0.39, 0.29) is 5.56 Å². The molecule has 0 unspecified atom stereocenters. The van der Waals surface area contributed by atoms with E-state index in [1.165, 1.54) is 0 Å². The van der Waals surface area contributed by atoms with Gasteiger partial charge >= 0.3 is 0 Å². The molecule has 6 nitrogen and oxygen atoms in total. The summed E-state index contributed by atoms with van der Waals surface area (Å²) in [6.45, 7) is 2.27. The quantitative estimate of drug-likeness (QED) is 0.903. The van der Waals surface area contributed by atoms with Crippen molar-refractivity contribution in [3.05, 3.63) is 51.2 Å². The van der Waals surface area contributed by atoms with Gasteiger partial charge in [-0.15, -0.1) is 0 Å². The first kappa shape index (κ1) is 16.1. The molecule has 2 aromatic rings. The molecule has 0 amide bonds. The molecular formula is C19H23N3O3. The molecule has 1 aromatic heterocycles. The number of aromatic amines is 1. The highest BCUT2D eigenvalue weighted by Crippen LogP contribution is 2.38. The number of nitrogens with zero attached hydrogens (tertiary/aromatic N) is 2. The van der Waals surface area contributed by atoms with E-state index in [0.29, 0.717) is 12.5 Å². The molecular weight excluding hydrogens is 318 g/mol. The number of methoxy groups -OCH3 is 2. The van der Waals surface area contributed by atoms with E-state index in [2.05, 4.69) is 16.0 Å². The van der Waals surface area contributed by atoms with E-state index in [0.717, 1.165) is 66.5 Å². The van der Waals surface area contributed by atoms with E-state index in [1.54, 1.807) is 14.2 Å². The maximum Gasteiger partial charge on any atom is 0.254 e. The molecule has 2 heterocycles. The lowest BCUT2D eigenvalue weighted by Crippen LogP contribution is -2.35. The van der Waals surface area contributed by atoms with Crippen molar-refractivity contribution >= 4 is 0 Å². The minimum Gasteiger partial charge on any atom is -0.493 e. The largest absolute Gasteiger partial charge is 0.493 e. The Kier molecular flexibility index (Phi) is 4.21. The van der Waals surface area contributed by atoms with Crippen LogP contribution in [0.1, 0.15) is 41.4 Å². The smallest absolute Gasteiger partial charge is 0.254 e. The number of hydrogen-bond donors (Lipinski definition) is 1. The average Bonchev–Trinajstić information content (AvgIpc) is 3.46. The van der Waals surface area contributed by atoms with Gasteiger partial charge in [-0.2, -0.15) is 0 Å². The zero-order chi connectivity index (χ0) is 17.4. The van der Waals surface area contributed by atoms with Gasteiger partial charge in [0.2, 0.25) is 0 Å². The van der Waals surface area contributed by atoms with Crippen LogP contribution in [0.3, 0.4) is 0 Å². The summed E-state index contributed by atoms with van der Waals surface area (Å²) in [5, 5.41) is 0. The zero-order valence-corrected chi connectivity index (χ0v) is 14.7. The fourth-order valence-electron chi connectivity index (χ4n) is 3.52. The highest BCUT2D eigenvalue weighted by Gasteiger charge is 2.29. The van der Waals surface area contributed by atoms with Gasteiger partial charge in [0, 0.05) is 36.7 Å². The predicted molar refractivity (Wildman–Crippen MR) is 94.2 cm³/mol. The molecule has 0 radical (unpaired) electrons. The Morgan fingerprint density at radius 3 is 2.84 bits per heavy atom. The van der Waals surface area contributed by atoms with Crippen LogP contribution in [0.4, 0.5) is 0 Å². The Morgan fingerprint density at radius 1 is 1.28 bits per heavy atom. The highest BCUT2D eigenvalue weighted by atomic mass is 16.5. The molecule has 2 aliphatic rings. The molecule has 1 aliphatic carbocycles. The number of para-hydroxylation sites is 1. The van der Waals surface area contributed by atoms with Crippen molar-refractivity contribution in [2.75, 3.05) is 20.8 Å². The molecule has 1 aromatic carbocycles. The van der Waals surface area contributed by atoms with Crippen molar-refractivity contribution in [3.8, 4) is 11.5 Å². The molecule has 1 fully saturated rings. The number of hydrogen-bond acceptors (Lipinski definition) is 5. The monoisotopic (exact) mass is 341 g/mol. The van der Waals surface area contributed by atoms with Crippen molar-refractivity contribution < 1.29 is 9.47 Å². The molecule has 0 atom stereocenters. The Morgan fingerprint density at radius 2 is 2.12 bits per heavy atom. The second-order valence-electron chi connectivity index (χ2n) is 6.76. The molecule has 132 valence electrons. The zero-order valence-electron chi connectivity index (χ0n) is 14.7. The Hall–Kier alpha value is -2.34. The summed E-state index contributed by atoms with van der Waals surface area (Å²) in [7, 11) is 3.31. The third-order valence-corrected chi connectivity index (χ3v) is 5.01. The van der Waals surface area contributed by atoms with Crippen molar-refractivity contribution in [2.24, 2.45) is 0 Å². The van der Waals surface area contributed by atoms with E-state index in [1.807, 2.05) is 12.1 Å². The van der Waals surface area contributed by atoms with Gasteiger partial charge in [-0.1, -0.05) is 12.1 Å². The first-order chi connectivity index (χ1) is 12.2. The highest BCUT2D eigenvalue weighted by molar-refractivity contribution is 5.46. The second-order valence-corrected chi connectivity index (χ2v) is 6.76. The average molecular weight is 341 g/mol. The van der Waals surface area contributed by atoms with Gasteiger partial charge < -0.3 is 14.5 Å². The number of fused-ring (bicyclic) bond motifs is 1. The van der Waals surface area contributed by atoms with Gasteiger partial charge in [-0.05, 0) is 25.3 Å². The molecule has 4 rings (SSSR count). The molecule has 0 bridgehead atoms. The van der Waals surface area contributed by atoms with Gasteiger partial charge in [0.05, 0.1) is 19.9 Å². The van der Waals surface area contributed by atoms with Gasteiger partial charge in [-0.25, -0.2) is 4.98 Å². The van der Waals surface area contributed by atoms with Crippen molar-refractivity contribution in [3.63, 3.8) is 0 Å². The summed E-state index contributed by atoms with van der Waals surface area (Å²) in [6.07, 6.45) is 2.99. The van der Waals surface area contributed by atoms with Gasteiger partial charge in [-0.3, -0.25) is 9.69 Å². The minimum absolute atomic E-state index is 0.0468.